The molecule has 0 bridgehead atoms. The van der Waals surface area contributed by atoms with Gasteiger partial charge in [0.1, 0.15) is 0 Å². The lowest BCUT2D eigenvalue weighted by molar-refractivity contribution is -0.114. The van der Waals surface area contributed by atoms with Crippen LogP contribution in [0.2, 0.25) is 0 Å². The molecule has 2 aromatic heterocycles. The van der Waals surface area contributed by atoms with Crippen molar-refractivity contribution in [2.24, 2.45) is 0 Å². The molecule has 9 heteroatoms. The lowest BCUT2D eigenvalue weighted by atomic mass is 10.3. The maximum Gasteiger partial charge on any atom is 0.264 e. The second kappa shape index (κ2) is 8.11. The normalized spacial score (nSPS) is 11.4. The Hall–Kier alpha value is -3.04. The number of nitrogens with one attached hydrogen (secondary N) is 2. The standard InChI is InChI=1S/C18H16N4O3S2/c1-13(23)20-14-5-8-17(9-6-14)27(24,25)22-18-19-11-10-15(21-18)4-7-16-3-2-12-26-16/h2-12H,1H3,(H,20,23)(H,19,21,22). The van der Waals surface area contributed by atoms with E-state index in [1.54, 1.807) is 23.5 Å². The number of hydrogen-bond donors (Lipinski definition) is 2. The Morgan fingerprint density at radius 1 is 1.11 bits per heavy atom. The third kappa shape index (κ3) is 5.22. The number of thiophene rings is 1. The van der Waals surface area contributed by atoms with E-state index >= 15 is 0 Å². The molecule has 2 heterocycles. The van der Waals surface area contributed by atoms with Crippen molar-refractivity contribution in [2.75, 3.05) is 10.0 Å². The van der Waals surface area contributed by atoms with Crippen molar-refractivity contribution in [3.05, 3.63) is 64.6 Å². The number of anilines is 2. The molecular formula is C18H16N4O3S2. The maximum atomic E-state index is 12.5. The molecule has 1 amide bonds. The van der Waals surface area contributed by atoms with Gasteiger partial charge in [-0.3, -0.25) is 4.79 Å². The summed E-state index contributed by atoms with van der Waals surface area (Å²) < 4.78 is 27.4. The van der Waals surface area contributed by atoms with E-state index in [-0.39, 0.29) is 16.8 Å². The highest BCUT2D eigenvalue weighted by Gasteiger charge is 2.15. The van der Waals surface area contributed by atoms with E-state index in [0.717, 1.165) is 4.88 Å². The van der Waals surface area contributed by atoms with Crippen LogP contribution in [0, 0.1) is 0 Å². The van der Waals surface area contributed by atoms with Crippen LogP contribution in [0.1, 0.15) is 17.5 Å². The summed E-state index contributed by atoms with van der Waals surface area (Å²) in [5.41, 5.74) is 1.09. The van der Waals surface area contributed by atoms with Gasteiger partial charge in [0.2, 0.25) is 11.9 Å². The number of aromatic nitrogens is 2. The zero-order valence-electron chi connectivity index (χ0n) is 14.3. The van der Waals surface area contributed by atoms with Gasteiger partial charge in [-0.15, -0.1) is 11.3 Å². The topological polar surface area (TPSA) is 101 Å². The van der Waals surface area contributed by atoms with Gasteiger partial charge in [0.25, 0.3) is 10.0 Å². The molecule has 138 valence electrons. The van der Waals surface area contributed by atoms with Crippen molar-refractivity contribution < 1.29 is 13.2 Å². The predicted octanol–water partition coefficient (Wildman–Crippen LogP) is 3.47. The van der Waals surface area contributed by atoms with E-state index in [1.165, 1.54) is 37.4 Å². The second-order valence-corrected chi connectivity index (χ2v) is 8.13. The molecule has 0 aliphatic rings. The first-order valence-electron chi connectivity index (χ1n) is 7.87. The number of nitrogens with zero attached hydrogens (tertiary/aromatic N) is 2. The van der Waals surface area contributed by atoms with E-state index in [2.05, 4.69) is 20.0 Å². The first-order chi connectivity index (χ1) is 12.9. The van der Waals surface area contributed by atoms with Gasteiger partial charge in [-0.1, -0.05) is 6.07 Å². The summed E-state index contributed by atoms with van der Waals surface area (Å²) in [7, 11) is -3.84. The van der Waals surface area contributed by atoms with Crippen molar-refractivity contribution >= 4 is 51.1 Å². The van der Waals surface area contributed by atoms with Crippen LogP contribution in [0.25, 0.3) is 12.2 Å². The van der Waals surface area contributed by atoms with E-state index in [4.69, 9.17) is 0 Å². The molecule has 0 atom stereocenters. The van der Waals surface area contributed by atoms with E-state index in [1.807, 2.05) is 23.6 Å². The molecule has 0 radical (unpaired) electrons. The molecule has 3 rings (SSSR count). The molecular weight excluding hydrogens is 384 g/mol. The second-order valence-electron chi connectivity index (χ2n) is 5.46. The fourth-order valence-corrected chi connectivity index (χ4v) is 3.74. The van der Waals surface area contributed by atoms with Gasteiger partial charge < -0.3 is 5.32 Å². The number of benzene rings is 1. The minimum absolute atomic E-state index is 0.0192. The quantitative estimate of drug-likeness (QED) is 0.660. The van der Waals surface area contributed by atoms with Gasteiger partial charge >= 0.3 is 0 Å². The van der Waals surface area contributed by atoms with Gasteiger partial charge in [-0.05, 0) is 53.9 Å². The van der Waals surface area contributed by atoms with E-state index in [0.29, 0.717) is 11.4 Å². The van der Waals surface area contributed by atoms with Crippen LogP contribution in [-0.4, -0.2) is 24.3 Å². The summed E-state index contributed by atoms with van der Waals surface area (Å²) in [6.45, 7) is 1.38. The number of amides is 1. The van der Waals surface area contributed by atoms with Crippen molar-refractivity contribution in [3.63, 3.8) is 0 Å². The van der Waals surface area contributed by atoms with Gasteiger partial charge in [0.15, 0.2) is 0 Å². The summed E-state index contributed by atoms with van der Waals surface area (Å²) in [6, 6.07) is 11.4. The monoisotopic (exact) mass is 400 g/mol. The summed E-state index contributed by atoms with van der Waals surface area (Å²) in [4.78, 5) is 20.3. The van der Waals surface area contributed by atoms with Crippen molar-refractivity contribution in [2.45, 2.75) is 11.8 Å². The Morgan fingerprint density at radius 3 is 2.56 bits per heavy atom. The average Bonchev–Trinajstić information content (AvgIpc) is 3.13. The largest absolute Gasteiger partial charge is 0.326 e. The summed E-state index contributed by atoms with van der Waals surface area (Å²) in [6.07, 6.45) is 5.17. The Bertz CT molecular complexity index is 1060. The maximum absolute atomic E-state index is 12.5. The lowest BCUT2D eigenvalue weighted by Gasteiger charge is -2.08. The predicted molar refractivity (Wildman–Crippen MR) is 107 cm³/mol. The Kier molecular flexibility index (Phi) is 5.63. The Labute approximate surface area is 160 Å². The molecule has 27 heavy (non-hydrogen) atoms. The van der Waals surface area contributed by atoms with Crippen LogP contribution in [0.15, 0.2) is 58.9 Å². The lowest BCUT2D eigenvalue weighted by Crippen LogP contribution is -2.15. The summed E-state index contributed by atoms with van der Waals surface area (Å²) >= 11 is 1.59. The molecule has 7 nitrogen and oxygen atoms in total. The summed E-state index contributed by atoms with van der Waals surface area (Å²) in [5, 5.41) is 4.55. The summed E-state index contributed by atoms with van der Waals surface area (Å²) in [5.74, 6) is -0.251. The van der Waals surface area contributed by atoms with Crippen LogP contribution >= 0.6 is 11.3 Å². The van der Waals surface area contributed by atoms with Gasteiger partial charge in [0.05, 0.1) is 10.6 Å². The molecule has 0 saturated carbocycles. The fraction of sp³-hybridized carbons (Fsp3) is 0.0556. The van der Waals surface area contributed by atoms with Gasteiger partial charge in [0, 0.05) is 23.7 Å². The minimum atomic E-state index is -3.84. The molecule has 0 aliphatic carbocycles. The van der Waals surface area contributed by atoms with Crippen molar-refractivity contribution in [1.82, 2.24) is 9.97 Å². The zero-order chi connectivity index (χ0) is 19.3. The van der Waals surface area contributed by atoms with Crippen LogP contribution in [0.5, 0.6) is 0 Å². The fourth-order valence-electron chi connectivity index (χ4n) is 2.17. The van der Waals surface area contributed by atoms with Crippen LogP contribution in [-0.2, 0) is 14.8 Å². The molecule has 0 saturated heterocycles. The van der Waals surface area contributed by atoms with Crippen LogP contribution in [0.3, 0.4) is 0 Å². The minimum Gasteiger partial charge on any atom is -0.326 e. The Balaban J connectivity index is 1.75. The highest BCUT2D eigenvalue weighted by Crippen LogP contribution is 2.17. The highest BCUT2D eigenvalue weighted by molar-refractivity contribution is 7.92. The zero-order valence-corrected chi connectivity index (χ0v) is 15.9. The average molecular weight is 400 g/mol. The van der Waals surface area contributed by atoms with E-state index in [9.17, 15) is 13.2 Å². The van der Waals surface area contributed by atoms with Crippen molar-refractivity contribution in [1.29, 1.82) is 0 Å². The van der Waals surface area contributed by atoms with Gasteiger partial charge in [-0.25, -0.2) is 23.1 Å². The van der Waals surface area contributed by atoms with Crippen molar-refractivity contribution in [3.8, 4) is 0 Å². The van der Waals surface area contributed by atoms with Gasteiger partial charge in [-0.2, -0.15) is 0 Å². The SMILES string of the molecule is CC(=O)Nc1ccc(S(=O)(=O)Nc2nccc(C=Cc3cccs3)n2)cc1. The number of carbonyl (C=O) groups excluding carboxylic acids is 1. The molecule has 0 fully saturated rings. The highest BCUT2D eigenvalue weighted by atomic mass is 32.2. The first kappa shape index (κ1) is 18.7. The third-order valence-electron chi connectivity index (χ3n) is 3.35. The molecule has 2 N–H and O–H groups in total. The number of sulfonamides is 1. The van der Waals surface area contributed by atoms with Crippen LogP contribution < -0.4 is 10.0 Å². The molecule has 3 aromatic rings. The van der Waals surface area contributed by atoms with Crippen LogP contribution in [0.4, 0.5) is 11.6 Å². The van der Waals surface area contributed by atoms with E-state index < -0.39 is 10.0 Å². The molecule has 0 unspecified atom stereocenters. The third-order valence-corrected chi connectivity index (χ3v) is 5.53. The first-order valence-corrected chi connectivity index (χ1v) is 10.2. The Morgan fingerprint density at radius 2 is 1.89 bits per heavy atom. The molecule has 0 aliphatic heterocycles. The number of hydrogen-bond acceptors (Lipinski definition) is 6. The molecule has 1 aromatic carbocycles. The smallest absolute Gasteiger partial charge is 0.264 e. The number of rotatable bonds is 6. The number of carbonyl (C=O) groups is 1. The molecule has 0 spiro atoms.